The molecule has 1 saturated carbocycles. The Labute approximate surface area is 83.1 Å². The summed E-state index contributed by atoms with van der Waals surface area (Å²) in [6, 6.07) is 4.06. The van der Waals surface area contributed by atoms with E-state index in [-0.39, 0.29) is 0 Å². The summed E-state index contributed by atoms with van der Waals surface area (Å²) in [7, 11) is 0. The Hall–Kier alpha value is -0.600. The minimum absolute atomic E-state index is 0.595. The Balaban J connectivity index is 2.22. The maximum absolute atomic E-state index is 5.87. The molecule has 1 aromatic heterocycles. The SMILES string of the molecule is Cc1cc([C@@H]2C[C@H]2CN)cc(Cl)n1. The Morgan fingerprint density at radius 3 is 2.92 bits per heavy atom. The van der Waals surface area contributed by atoms with Crippen LogP contribution in [0.25, 0.3) is 0 Å². The van der Waals surface area contributed by atoms with Crippen molar-refractivity contribution in [3.05, 3.63) is 28.5 Å². The molecule has 0 radical (unpaired) electrons. The van der Waals surface area contributed by atoms with Crippen LogP contribution in [0.4, 0.5) is 0 Å². The molecular weight excluding hydrogens is 184 g/mol. The molecule has 1 aromatic rings. The van der Waals surface area contributed by atoms with Gasteiger partial charge < -0.3 is 5.73 Å². The third-order valence-corrected chi connectivity index (χ3v) is 2.79. The average molecular weight is 197 g/mol. The van der Waals surface area contributed by atoms with E-state index >= 15 is 0 Å². The van der Waals surface area contributed by atoms with Crippen LogP contribution in [0.1, 0.15) is 23.6 Å². The minimum atomic E-state index is 0.595. The zero-order chi connectivity index (χ0) is 9.42. The lowest BCUT2D eigenvalue weighted by Crippen LogP contribution is -2.02. The monoisotopic (exact) mass is 196 g/mol. The Kier molecular flexibility index (Phi) is 2.26. The number of nitrogens with zero attached hydrogens (tertiary/aromatic N) is 1. The Bertz CT molecular complexity index is 304. The molecule has 2 rings (SSSR count). The van der Waals surface area contributed by atoms with Gasteiger partial charge in [-0.05, 0) is 49.4 Å². The molecule has 13 heavy (non-hydrogen) atoms. The molecule has 0 amide bonds. The molecule has 2 nitrogen and oxygen atoms in total. The van der Waals surface area contributed by atoms with Crippen molar-refractivity contribution in [2.24, 2.45) is 11.7 Å². The van der Waals surface area contributed by atoms with E-state index in [4.69, 9.17) is 17.3 Å². The van der Waals surface area contributed by atoms with Gasteiger partial charge in [0.05, 0.1) is 0 Å². The predicted molar refractivity (Wildman–Crippen MR) is 53.9 cm³/mol. The lowest BCUT2D eigenvalue weighted by Gasteiger charge is -2.01. The summed E-state index contributed by atoms with van der Waals surface area (Å²) < 4.78 is 0. The highest BCUT2D eigenvalue weighted by Gasteiger charge is 2.37. The summed E-state index contributed by atoms with van der Waals surface area (Å²) in [6.45, 7) is 2.75. The lowest BCUT2D eigenvalue weighted by molar-refractivity contribution is 0.808. The van der Waals surface area contributed by atoms with E-state index in [2.05, 4.69) is 11.1 Å². The zero-order valence-electron chi connectivity index (χ0n) is 7.63. The van der Waals surface area contributed by atoms with Crippen molar-refractivity contribution in [1.29, 1.82) is 0 Å². The number of pyridine rings is 1. The van der Waals surface area contributed by atoms with Gasteiger partial charge in [0.1, 0.15) is 5.15 Å². The molecular formula is C10H13ClN2. The van der Waals surface area contributed by atoms with Crippen LogP contribution in [0.2, 0.25) is 5.15 Å². The van der Waals surface area contributed by atoms with E-state index in [0.29, 0.717) is 17.0 Å². The first-order chi connectivity index (χ1) is 6.20. The zero-order valence-corrected chi connectivity index (χ0v) is 8.38. The summed E-state index contributed by atoms with van der Waals surface area (Å²) in [5.41, 5.74) is 7.88. The van der Waals surface area contributed by atoms with E-state index in [1.165, 1.54) is 12.0 Å². The summed E-state index contributed by atoms with van der Waals surface area (Å²) in [4.78, 5) is 4.13. The van der Waals surface area contributed by atoms with E-state index in [1.807, 2.05) is 13.0 Å². The van der Waals surface area contributed by atoms with E-state index in [1.54, 1.807) is 0 Å². The Morgan fingerprint density at radius 1 is 1.62 bits per heavy atom. The van der Waals surface area contributed by atoms with Crippen LogP contribution in [0.15, 0.2) is 12.1 Å². The van der Waals surface area contributed by atoms with Crippen LogP contribution >= 0.6 is 11.6 Å². The second kappa shape index (κ2) is 3.28. The molecule has 1 aliphatic rings. The van der Waals surface area contributed by atoms with Crippen LogP contribution in [0.3, 0.4) is 0 Å². The first-order valence-electron chi connectivity index (χ1n) is 4.55. The van der Waals surface area contributed by atoms with Crippen molar-refractivity contribution >= 4 is 11.6 Å². The van der Waals surface area contributed by atoms with E-state index < -0.39 is 0 Å². The van der Waals surface area contributed by atoms with Crippen molar-refractivity contribution < 1.29 is 0 Å². The molecule has 2 atom stereocenters. The number of halogens is 1. The van der Waals surface area contributed by atoms with Crippen LogP contribution in [-0.4, -0.2) is 11.5 Å². The highest BCUT2D eigenvalue weighted by Crippen LogP contribution is 2.46. The fourth-order valence-corrected chi connectivity index (χ4v) is 2.04. The van der Waals surface area contributed by atoms with Crippen molar-refractivity contribution in [2.45, 2.75) is 19.3 Å². The van der Waals surface area contributed by atoms with Crippen molar-refractivity contribution in [3.63, 3.8) is 0 Å². The number of rotatable bonds is 2. The predicted octanol–water partition coefficient (Wildman–Crippen LogP) is 2.11. The van der Waals surface area contributed by atoms with Crippen molar-refractivity contribution in [1.82, 2.24) is 4.98 Å². The molecule has 3 heteroatoms. The normalized spacial score (nSPS) is 26.1. The third kappa shape index (κ3) is 1.84. The van der Waals surface area contributed by atoms with Crippen LogP contribution in [0, 0.1) is 12.8 Å². The van der Waals surface area contributed by atoms with E-state index in [9.17, 15) is 0 Å². The van der Waals surface area contributed by atoms with Crippen LogP contribution in [-0.2, 0) is 0 Å². The fourth-order valence-electron chi connectivity index (χ4n) is 1.78. The fraction of sp³-hybridized carbons (Fsp3) is 0.500. The molecule has 0 bridgehead atoms. The van der Waals surface area contributed by atoms with Gasteiger partial charge in [-0.3, -0.25) is 0 Å². The van der Waals surface area contributed by atoms with Gasteiger partial charge >= 0.3 is 0 Å². The Morgan fingerprint density at radius 2 is 2.38 bits per heavy atom. The lowest BCUT2D eigenvalue weighted by atomic mass is 10.1. The molecule has 1 fully saturated rings. The van der Waals surface area contributed by atoms with Gasteiger partial charge in [0, 0.05) is 5.69 Å². The molecule has 0 aliphatic heterocycles. The first-order valence-corrected chi connectivity index (χ1v) is 4.92. The number of hydrogen-bond donors (Lipinski definition) is 1. The quantitative estimate of drug-likeness (QED) is 0.736. The number of aromatic nitrogens is 1. The standard InChI is InChI=1S/C10H13ClN2/c1-6-2-7(4-10(11)13-6)9-3-8(9)5-12/h2,4,8-9H,3,5,12H2,1H3/t8-,9-/m0/s1. The molecule has 0 spiro atoms. The first kappa shape index (κ1) is 8.97. The summed E-state index contributed by atoms with van der Waals surface area (Å²) in [6.07, 6.45) is 1.20. The number of nitrogens with two attached hydrogens (primary N) is 1. The molecule has 0 saturated heterocycles. The molecule has 0 unspecified atom stereocenters. The summed E-state index contributed by atoms with van der Waals surface area (Å²) in [5.74, 6) is 1.29. The van der Waals surface area contributed by atoms with Crippen molar-refractivity contribution in [3.8, 4) is 0 Å². The molecule has 1 heterocycles. The van der Waals surface area contributed by atoms with Gasteiger partial charge in [-0.15, -0.1) is 0 Å². The molecule has 2 N–H and O–H groups in total. The second-order valence-electron chi connectivity index (χ2n) is 3.70. The van der Waals surface area contributed by atoms with Gasteiger partial charge in [-0.25, -0.2) is 4.98 Å². The van der Waals surface area contributed by atoms with Gasteiger partial charge in [0.25, 0.3) is 0 Å². The van der Waals surface area contributed by atoms with Crippen LogP contribution < -0.4 is 5.73 Å². The van der Waals surface area contributed by atoms with Gasteiger partial charge in [-0.2, -0.15) is 0 Å². The van der Waals surface area contributed by atoms with Crippen molar-refractivity contribution in [2.75, 3.05) is 6.54 Å². The number of hydrogen-bond acceptors (Lipinski definition) is 2. The topological polar surface area (TPSA) is 38.9 Å². The average Bonchev–Trinajstić information content (AvgIpc) is 2.80. The third-order valence-electron chi connectivity index (χ3n) is 2.60. The highest BCUT2D eigenvalue weighted by atomic mass is 35.5. The van der Waals surface area contributed by atoms with Gasteiger partial charge in [0.15, 0.2) is 0 Å². The highest BCUT2D eigenvalue weighted by molar-refractivity contribution is 6.29. The molecule has 70 valence electrons. The smallest absolute Gasteiger partial charge is 0.129 e. The maximum atomic E-state index is 5.87. The molecule has 0 aromatic carbocycles. The second-order valence-corrected chi connectivity index (χ2v) is 4.09. The van der Waals surface area contributed by atoms with Gasteiger partial charge in [0.2, 0.25) is 0 Å². The van der Waals surface area contributed by atoms with E-state index in [0.717, 1.165) is 12.2 Å². The number of aryl methyl sites for hydroxylation is 1. The maximum Gasteiger partial charge on any atom is 0.129 e. The molecule has 1 aliphatic carbocycles. The minimum Gasteiger partial charge on any atom is -0.330 e. The van der Waals surface area contributed by atoms with Gasteiger partial charge in [-0.1, -0.05) is 11.6 Å². The summed E-state index contributed by atoms with van der Waals surface area (Å²) in [5, 5.41) is 0.595. The largest absolute Gasteiger partial charge is 0.330 e. The summed E-state index contributed by atoms with van der Waals surface area (Å²) >= 11 is 5.87. The van der Waals surface area contributed by atoms with Crippen LogP contribution in [0.5, 0.6) is 0 Å².